The molecule has 0 spiro atoms. The van der Waals surface area contributed by atoms with Gasteiger partial charge in [0, 0.05) is 30.0 Å². The molecule has 0 atom stereocenters. The van der Waals surface area contributed by atoms with E-state index >= 15 is 0 Å². The molecule has 2 heterocycles. The van der Waals surface area contributed by atoms with Gasteiger partial charge >= 0.3 is 0 Å². The number of amides is 3. The SMILES string of the molecule is O=C(Nc1ccc(CN2C(=O)CSC2=O)cc1)c1ccc(N2CCc3ccccc3C2)cc1. The Kier molecular flexibility index (Phi) is 5.88. The van der Waals surface area contributed by atoms with Crippen LogP contribution in [0.3, 0.4) is 0 Å². The number of thioether (sulfide) groups is 1. The highest BCUT2D eigenvalue weighted by atomic mass is 32.2. The highest BCUT2D eigenvalue weighted by molar-refractivity contribution is 8.14. The summed E-state index contributed by atoms with van der Waals surface area (Å²) in [6.45, 7) is 2.09. The fourth-order valence-corrected chi connectivity index (χ4v) is 4.88. The molecule has 7 heteroatoms. The van der Waals surface area contributed by atoms with Crippen molar-refractivity contribution in [3.05, 3.63) is 95.1 Å². The molecule has 6 nitrogen and oxygen atoms in total. The number of carbonyl (C=O) groups is 3. The predicted molar refractivity (Wildman–Crippen MR) is 130 cm³/mol. The molecule has 0 saturated carbocycles. The van der Waals surface area contributed by atoms with Gasteiger partial charge in [-0.25, -0.2) is 0 Å². The van der Waals surface area contributed by atoms with Crippen LogP contribution in [0.5, 0.6) is 0 Å². The first-order valence-corrected chi connectivity index (χ1v) is 11.8. The van der Waals surface area contributed by atoms with Gasteiger partial charge in [-0.15, -0.1) is 0 Å². The average molecular weight is 458 g/mol. The Labute approximate surface area is 196 Å². The molecule has 1 N–H and O–H groups in total. The van der Waals surface area contributed by atoms with Gasteiger partial charge in [0.15, 0.2) is 0 Å². The van der Waals surface area contributed by atoms with Crippen LogP contribution in [0, 0.1) is 0 Å². The second-order valence-corrected chi connectivity index (χ2v) is 9.10. The highest BCUT2D eigenvalue weighted by Crippen LogP contribution is 2.25. The van der Waals surface area contributed by atoms with E-state index in [1.54, 1.807) is 12.1 Å². The summed E-state index contributed by atoms with van der Waals surface area (Å²) in [6.07, 6.45) is 1.02. The lowest BCUT2D eigenvalue weighted by molar-refractivity contribution is -0.125. The van der Waals surface area contributed by atoms with E-state index in [1.165, 1.54) is 16.0 Å². The maximum absolute atomic E-state index is 12.7. The van der Waals surface area contributed by atoms with Crippen molar-refractivity contribution < 1.29 is 14.4 Å². The van der Waals surface area contributed by atoms with E-state index in [2.05, 4.69) is 34.5 Å². The third-order valence-electron chi connectivity index (χ3n) is 6.02. The molecule has 0 aromatic heterocycles. The first-order chi connectivity index (χ1) is 16.1. The summed E-state index contributed by atoms with van der Waals surface area (Å²) >= 11 is 1.03. The van der Waals surface area contributed by atoms with Crippen molar-refractivity contribution in [2.24, 2.45) is 0 Å². The fourth-order valence-electron chi connectivity index (χ4n) is 4.15. The van der Waals surface area contributed by atoms with Gasteiger partial charge in [-0.2, -0.15) is 0 Å². The molecule has 33 heavy (non-hydrogen) atoms. The van der Waals surface area contributed by atoms with Crippen LogP contribution in [0.1, 0.15) is 27.0 Å². The van der Waals surface area contributed by atoms with Crippen LogP contribution in [-0.2, 0) is 24.3 Å². The molecular weight excluding hydrogens is 434 g/mol. The van der Waals surface area contributed by atoms with Crippen LogP contribution in [0.25, 0.3) is 0 Å². The molecule has 0 aliphatic carbocycles. The van der Waals surface area contributed by atoms with E-state index in [4.69, 9.17) is 0 Å². The number of nitrogens with zero attached hydrogens (tertiary/aromatic N) is 2. The van der Waals surface area contributed by atoms with Crippen molar-refractivity contribution in [3.8, 4) is 0 Å². The quantitative estimate of drug-likeness (QED) is 0.602. The first-order valence-electron chi connectivity index (χ1n) is 10.9. The number of hydrogen-bond acceptors (Lipinski definition) is 5. The minimum absolute atomic E-state index is 0.167. The molecular formula is C26H23N3O3S. The zero-order valence-corrected chi connectivity index (χ0v) is 18.8. The zero-order chi connectivity index (χ0) is 22.8. The van der Waals surface area contributed by atoms with Crippen molar-refractivity contribution in [2.75, 3.05) is 22.5 Å². The van der Waals surface area contributed by atoms with Crippen molar-refractivity contribution in [3.63, 3.8) is 0 Å². The third-order valence-corrected chi connectivity index (χ3v) is 6.88. The number of anilines is 2. The van der Waals surface area contributed by atoms with E-state index in [9.17, 15) is 14.4 Å². The molecule has 166 valence electrons. The Bertz CT molecular complexity index is 1190. The Morgan fingerprint density at radius 3 is 2.33 bits per heavy atom. The van der Waals surface area contributed by atoms with Crippen molar-refractivity contribution in [1.82, 2.24) is 4.90 Å². The second kappa shape index (κ2) is 9.11. The van der Waals surface area contributed by atoms with Crippen LogP contribution in [0.15, 0.2) is 72.8 Å². The molecule has 1 fully saturated rings. The van der Waals surface area contributed by atoms with Gasteiger partial charge in [-0.1, -0.05) is 48.2 Å². The lowest BCUT2D eigenvalue weighted by Crippen LogP contribution is -2.30. The van der Waals surface area contributed by atoms with Gasteiger partial charge in [-0.3, -0.25) is 19.3 Å². The van der Waals surface area contributed by atoms with Crippen molar-refractivity contribution in [2.45, 2.75) is 19.5 Å². The summed E-state index contributed by atoms with van der Waals surface area (Å²) < 4.78 is 0. The van der Waals surface area contributed by atoms with Gasteiger partial charge in [0.1, 0.15) is 0 Å². The van der Waals surface area contributed by atoms with Crippen LogP contribution >= 0.6 is 11.8 Å². The number of benzene rings is 3. The lowest BCUT2D eigenvalue weighted by atomic mass is 9.99. The van der Waals surface area contributed by atoms with Crippen LogP contribution in [-0.4, -0.2) is 34.3 Å². The Morgan fingerprint density at radius 2 is 1.64 bits per heavy atom. The van der Waals surface area contributed by atoms with E-state index in [0.717, 1.165) is 42.5 Å². The summed E-state index contributed by atoms with van der Waals surface area (Å²) in [6, 6.07) is 23.4. The number of nitrogens with one attached hydrogen (secondary N) is 1. The maximum Gasteiger partial charge on any atom is 0.289 e. The number of hydrogen-bond donors (Lipinski definition) is 1. The van der Waals surface area contributed by atoms with Gasteiger partial charge in [-0.05, 0) is 59.5 Å². The number of carbonyl (C=O) groups excluding carboxylic acids is 3. The van der Waals surface area contributed by atoms with Gasteiger partial charge < -0.3 is 10.2 Å². The summed E-state index contributed by atoms with van der Waals surface area (Å²) in [5.74, 6) is -0.143. The topological polar surface area (TPSA) is 69.7 Å². The fraction of sp³-hybridized carbons (Fsp3) is 0.192. The van der Waals surface area contributed by atoms with Crippen LogP contribution in [0.4, 0.5) is 16.2 Å². The highest BCUT2D eigenvalue weighted by Gasteiger charge is 2.29. The Balaban J connectivity index is 1.20. The molecule has 3 aromatic rings. The van der Waals surface area contributed by atoms with Crippen molar-refractivity contribution in [1.29, 1.82) is 0 Å². The van der Waals surface area contributed by atoms with Crippen LogP contribution < -0.4 is 10.2 Å². The third kappa shape index (κ3) is 4.64. The van der Waals surface area contributed by atoms with Gasteiger partial charge in [0.25, 0.3) is 11.1 Å². The summed E-state index contributed by atoms with van der Waals surface area (Å²) in [7, 11) is 0. The van der Waals surface area contributed by atoms with E-state index in [1.807, 2.05) is 36.4 Å². The van der Waals surface area contributed by atoms with Gasteiger partial charge in [0.2, 0.25) is 5.91 Å². The Hall–Kier alpha value is -3.58. The van der Waals surface area contributed by atoms with E-state index in [-0.39, 0.29) is 29.4 Å². The lowest BCUT2D eigenvalue weighted by Gasteiger charge is -2.30. The standard InChI is InChI=1S/C26H23N3O3S/c30-24-17-33-26(32)29(24)15-18-5-9-22(10-6-18)27-25(31)20-7-11-23(12-8-20)28-14-13-19-3-1-2-4-21(19)16-28/h1-12H,13-17H2,(H,27,31). The molecule has 1 saturated heterocycles. The Morgan fingerprint density at radius 1 is 0.909 bits per heavy atom. The molecule has 3 amide bonds. The van der Waals surface area contributed by atoms with Gasteiger partial charge in [0.05, 0.1) is 12.3 Å². The van der Waals surface area contributed by atoms with Crippen LogP contribution in [0.2, 0.25) is 0 Å². The number of imide groups is 1. The number of rotatable bonds is 5. The minimum atomic E-state index is -0.213. The minimum Gasteiger partial charge on any atom is -0.367 e. The zero-order valence-electron chi connectivity index (χ0n) is 18.0. The molecule has 0 unspecified atom stereocenters. The number of fused-ring (bicyclic) bond motifs is 1. The largest absolute Gasteiger partial charge is 0.367 e. The first kappa shape index (κ1) is 21.3. The molecule has 3 aromatic carbocycles. The predicted octanol–water partition coefficient (Wildman–Crippen LogP) is 4.70. The smallest absolute Gasteiger partial charge is 0.289 e. The van der Waals surface area contributed by atoms with E-state index in [0.29, 0.717) is 11.3 Å². The summed E-state index contributed by atoms with van der Waals surface area (Å²) in [5.41, 5.74) is 5.96. The summed E-state index contributed by atoms with van der Waals surface area (Å²) in [5, 5.41) is 2.69. The molecule has 2 aliphatic heterocycles. The van der Waals surface area contributed by atoms with Crippen molar-refractivity contribution >= 4 is 40.2 Å². The molecule has 2 aliphatic rings. The monoisotopic (exact) mass is 457 g/mol. The molecule has 0 radical (unpaired) electrons. The maximum atomic E-state index is 12.7. The van der Waals surface area contributed by atoms with E-state index < -0.39 is 0 Å². The molecule has 0 bridgehead atoms. The normalized spacial score (nSPS) is 15.5. The average Bonchev–Trinajstić information content (AvgIpc) is 3.17. The summed E-state index contributed by atoms with van der Waals surface area (Å²) in [4.78, 5) is 39.8. The second-order valence-electron chi connectivity index (χ2n) is 8.17. The molecule has 5 rings (SSSR count).